The van der Waals surface area contributed by atoms with Gasteiger partial charge in [0, 0.05) is 13.5 Å². The molecule has 0 N–H and O–H groups in total. The van der Waals surface area contributed by atoms with Crippen molar-refractivity contribution in [1.82, 2.24) is 0 Å². The lowest BCUT2D eigenvalue weighted by atomic mass is 10.5. The average Bonchev–Trinajstić information content (AvgIpc) is 3.05. The van der Waals surface area contributed by atoms with E-state index in [1.807, 2.05) is 0 Å². The Morgan fingerprint density at radius 2 is 0.489 bits per heavy atom. The number of hydrogen-bond acceptors (Lipinski definition) is 15. The molecule has 0 radical (unpaired) electrons. The predicted octanol–water partition coefficient (Wildman–Crippen LogP) is 0.785. The van der Waals surface area contributed by atoms with E-state index in [0.717, 1.165) is 0 Å². The summed E-state index contributed by atoms with van der Waals surface area (Å²) in [4.78, 5) is 11.0. The van der Waals surface area contributed by atoms with Crippen LogP contribution in [0.1, 0.15) is 13.3 Å². The van der Waals surface area contributed by atoms with Crippen LogP contribution >= 0.6 is 0 Å². The van der Waals surface area contributed by atoms with Gasteiger partial charge in [0.05, 0.1) is 165 Å². The zero-order valence-electron chi connectivity index (χ0n) is 27.7. The quantitative estimate of drug-likeness (QED) is 0.0674. The number of hydrogen-bond donors (Lipinski definition) is 0. The molecule has 0 aromatic heterocycles. The van der Waals surface area contributed by atoms with Crippen molar-refractivity contribution in [3.63, 3.8) is 0 Å². The number of rotatable bonds is 40. The third-order valence-corrected chi connectivity index (χ3v) is 5.30. The van der Waals surface area contributed by atoms with Crippen molar-refractivity contribution in [2.75, 3.05) is 179 Å². The summed E-state index contributed by atoms with van der Waals surface area (Å²) in [7, 11) is 1.64. The Bertz CT molecular complexity index is 559. The highest BCUT2D eigenvalue weighted by atomic mass is 16.6. The summed E-state index contributed by atoms with van der Waals surface area (Å²) in [6.07, 6.45) is 0.372. The molecular formula is C30H60O15. The van der Waals surface area contributed by atoms with Crippen molar-refractivity contribution in [2.24, 2.45) is 0 Å². The Labute approximate surface area is 269 Å². The number of methoxy groups -OCH3 is 1. The number of esters is 1. The third kappa shape index (κ3) is 40.9. The second-order valence-electron chi connectivity index (χ2n) is 8.92. The zero-order chi connectivity index (χ0) is 32.6. The van der Waals surface area contributed by atoms with Crippen molar-refractivity contribution < 1.29 is 71.1 Å². The maximum absolute atomic E-state index is 11.0. The molecule has 0 spiro atoms. The zero-order valence-corrected chi connectivity index (χ0v) is 27.7. The van der Waals surface area contributed by atoms with Gasteiger partial charge in [-0.25, -0.2) is 0 Å². The number of carbonyl (C=O) groups excluding carboxylic acids is 1. The standard InChI is InChI=1S/C30H60O15/c1-3-30(31)45-29-28-44-27-26-43-25-24-42-23-22-41-21-20-40-19-18-39-17-16-38-15-14-37-13-12-36-11-10-35-9-8-34-7-6-33-5-4-32-2/h3-29H2,1-2H3. The van der Waals surface area contributed by atoms with Crippen molar-refractivity contribution in [3.8, 4) is 0 Å². The smallest absolute Gasteiger partial charge is 0.305 e. The summed E-state index contributed by atoms with van der Waals surface area (Å²) < 4.78 is 74.8. The highest BCUT2D eigenvalue weighted by Crippen LogP contribution is 1.88. The Hall–Kier alpha value is -1.05. The maximum atomic E-state index is 11.0. The van der Waals surface area contributed by atoms with Gasteiger partial charge >= 0.3 is 5.97 Å². The molecule has 0 fully saturated rings. The Kier molecular flexibility index (Phi) is 40.0. The minimum absolute atomic E-state index is 0.224. The fourth-order valence-corrected chi connectivity index (χ4v) is 2.98. The lowest BCUT2D eigenvalue weighted by molar-refractivity contribution is -0.144. The molecule has 0 bridgehead atoms. The molecule has 0 saturated carbocycles. The summed E-state index contributed by atoms with van der Waals surface area (Å²) in [5, 5.41) is 0. The number of ether oxygens (including phenoxy) is 14. The maximum Gasteiger partial charge on any atom is 0.305 e. The Balaban J connectivity index is 3.05. The van der Waals surface area contributed by atoms with E-state index in [1.54, 1.807) is 14.0 Å². The van der Waals surface area contributed by atoms with E-state index in [2.05, 4.69) is 0 Å². The lowest BCUT2D eigenvalue weighted by Gasteiger charge is -2.09. The van der Waals surface area contributed by atoms with E-state index >= 15 is 0 Å². The predicted molar refractivity (Wildman–Crippen MR) is 163 cm³/mol. The first-order chi connectivity index (χ1) is 22.3. The molecule has 15 heteroatoms. The molecule has 0 aromatic rings. The summed E-state index contributed by atoms with van der Waals surface area (Å²) in [5.41, 5.74) is 0. The van der Waals surface area contributed by atoms with Crippen molar-refractivity contribution in [3.05, 3.63) is 0 Å². The first kappa shape index (κ1) is 43.9. The van der Waals surface area contributed by atoms with Crippen LogP contribution in [0.15, 0.2) is 0 Å². The van der Waals surface area contributed by atoms with E-state index in [4.69, 9.17) is 66.3 Å². The average molecular weight is 661 g/mol. The van der Waals surface area contributed by atoms with Gasteiger partial charge in [-0.15, -0.1) is 0 Å². The molecule has 45 heavy (non-hydrogen) atoms. The molecule has 0 saturated heterocycles. The van der Waals surface area contributed by atoms with Crippen molar-refractivity contribution in [1.29, 1.82) is 0 Å². The van der Waals surface area contributed by atoms with Crippen LogP contribution in [-0.4, -0.2) is 185 Å². The van der Waals surface area contributed by atoms with Gasteiger partial charge in [-0.3, -0.25) is 4.79 Å². The largest absolute Gasteiger partial charge is 0.463 e. The summed E-state index contributed by atoms with van der Waals surface area (Å²) in [5.74, 6) is -0.224. The lowest BCUT2D eigenvalue weighted by Crippen LogP contribution is -2.15. The minimum Gasteiger partial charge on any atom is -0.463 e. The van der Waals surface area contributed by atoms with Crippen LogP contribution in [0, 0.1) is 0 Å². The van der Waals surface area contributed by atoms with Crippen LogP contribution in [0.2, 0.25) is 0 Å². The van der Waals surface area contributed by atoms with E-state index in [-0.39, 0.29) is 12.6 Å². The summed E-state index contributed by atoms with van der Waals surface area (Å²) in [6.45, 7) is 14.6. The normalized spacial score (nSPS) is 11.4. The van der Waals surface area contributed by atoms with E-state index in [9.17, 15) is 4.79 Å². The van der Waals surface area contributed by atoms with Crippen LogP contribution < -0.4 is 0 Å². The van der Waals surface area contributed by atoms with Gasteiger partial charge in [-0.1, -0.05) is 6.92 Å². The summed E-state index contributed by atoms with van der Waals surface area (Å²) >= 11 is 0. The molecule has 0 rings (SSSR count). The first-order valence-corrected chi connectivity index (χ1v) is 15.9. The Morgan fingerprint density at radius 1 is 0.311 bits per heavy atom. The van der Waals surface area contributed by atoms with Crippen LogP contribution in [0.5, 0.6) is 0 Å². The first-order valence-electron chi connectivity index (χ1n) is 15.9. The molecule has 270 valence electrons. The van der Waals surface area contributed by atoms with Gasteiger partial charge in [-0.2, -0.15) is 0 Å². The van der Waals surface area contributed by atoms with Crippen LogP contribution in [0.3, 0.4) is 0 Å². The molecule has 0 aliphatic heterocycles. The second-order valence-corrected chi connectivity index (χ2v) is 8.92. The van der Waals surface area contributed by atoms with Gasteiger partial charge in [0.25, 0.3) is 0 Å². The third-order valence-electron chi connectivity index (χ3n) is 5.30. The topological polar surface area (TPSA) is 146 Å². The molecule has 0 aromatic carbocycles. The van der Waals surface area contributed by atoms with E-state index in [0.29, 0.717) is 172 Å². The summed E-state index contributed by atoms with van der Waals surface area (Å²) in [6, 6.07) is 0. The molecule has 0 amide bonds. The minimum atomic E-state index is -0.224. The molecule has 0 aliphatic rings. The van der Waals surface area contributed by atoms with E-state index < -0.39 is 0 Å². The Morgan fingerprint density at radius 3 is 0.667 bits per heavy atom. The molecule has 0 atom stereocenters. The monoisotopic (exact) mass is 660 g/mol. The van der Waals surface area contributed by atoms with Gasteiger partial charge < -0.3 is 66.3 Å². The second kappa shape index (κ2) is 41.0. The number of carbonyl (C=O) groups is 1. The molecule has 0 unspecified atom stereocenters. The molecule has 0 aliphatic carbocycles. The molecule has 15 nitrogen and oxygen atoms in total. The van der Waals surface area contributed by atoms with Crippen LogP contribution in [0.4, 0.5) is 0 Å². The highest BCUT2D eigenvalue weighted by Gasteiger charge is 1.98. The van der Waals surface area contributed by atoms with Gasteiger partial charge in [0.2, 0.25) is 0 Å². The molecular weight excluding hydrogens is 600 g/mol. The van der Waals surface area contributed by atoms with E-state index in [1.165, 1.54) is 0 Å². The van der Waals surface area contributed by atoms with Crippen LogP contribution in [-0.2, 0) is 71.1 Å². The highest BCUT2D eigenvalue weighted by molar-refractivity contribution is 5.68. The van der Waals surface area contributed by atoms with Gasteiger partial charge in [0.1, 0.15) is 6.61 Å². The van der Waals surface area contributed by atoms with Gasteiger partial charge in [0.15, 0.2) is 0 Å². The van der Waals surface area contributed by atoms with Crippen molar-refractivity contribution in [2.45, 2.75) is 13.3 Å². The SMILES string of the molecule is CCC(=O)OCCOCCOCCOCCOCCOCCOCCOCCOCCOCCOCCOCCOCCOC. The fraction of sp³-hybridized carbons (Fsp3) is 0.967. The van der Waals surface area contributed by atoms with Gasteiger partial charge in [-0.05, 0) is 0 Å². The van der Waals surface area contributed by atoms with Crippen LogP contribution in [0.25, 0.3) is 0 Å². The van der Waals surface area contributed by atoms with Crippen molar-refractivity contribution >= 4 is 5.97 Å². The molecule has 0 heterocycles. The fourth-order valence-electron chi connectivity index (χ4n) is 2.98.